The Morgan fingerprint density at radius 2 is 1.84 bits per heavy atom. The lowest BCUT2D eigenvalue weighted by Gasteiger charge is -2.39. The summed E-state index contributed by atoms with van der Waals surface area (Å²) in [6.45, 7) is 2.52. The number of alkyl halides is 3. The third-order valence-corrected chi connectivity index (χ3v) is 8.05. The quantitative estimate of drug-likeness (QED) is 0.362. The summed E-state index contributed by atoms with van der Waals surface area (Å²) < 4.78 is 43.9. The standard InChI is InChI=1S/C27H33ClN2O6.C2HF3O2/c28-19-3-6-24-18(12-19)14-27(36-24)7-10-29(11-8-27)15-22(33)17-35-25-13-21(32)4-5-23(25)26(34)30-9-1-2-20(30)16-31;3-2(4,5)1(6)7/h3-6,12-13,20,22,31-33H,1-2,7-11,14-17H2;(H,6,7)/t20-,22-;/m0./s1. The molecule has 4 N–H and O–H groups in total. The van der Waals surface area contributed by atoms with Gasteiger partial charge in [0.15, 0.2) is 0 Å². The van der Waals surface area contributed by atoms with E-state index in [4.69, 9.17) is 31.0 Å². The van der Waals surface area contributed by atoms with Gasteiger partial charge in [0.25, 0.3) is 5.91 Å². The highest BCUT2D eigenvalue weighted by Crippen LogP contribution is 2.42. The van der Waals surface area contributed by atoms with Crippen molar-refractivity contribution < 1.29 is 52.7 Å². The number of aliphatic carboxylic acids is 1. The molecular formula is C29H34ClF3N2O8. The molecule has 3 heterocycles. The third kappa shape index (κ3) is 8.22. The van der Waals surface area contributed by atoms with Crippen LogP contribution in [0.3, 0.4) is 0 Å². The molecule has 0 unspecified atom stereocenters. The van der Waals surface area contributed by atoms with E-state index < -0.39 is 18.2 Å². The van der Waals surface area contributed by atoms with Crippen LogP contribution < -0.4 is 9.47 Å². The Balaban J connectivity index is 0.000000541. The summed E-state index contributed by atoms with van der Waals surface area (Å²) in [4.78, 5) is 25.8. The summed E-state index contributed by atoms with van der Waals surface area (Å²) >= 11 is 6.14. The topological polar surface area (TPSA) is 140 Å². The van der Waals surface area contributed by atoms with Gasteiger partial charge in [-0.05, 0) is 48.7 Å². The van der Waals surface area contributed by atoms with Crippen molar-refractivity contribution in [2.45, 2.75) is 56.0 Å². The number of nitrogens with zero attached hydrogens (tertiary/aromatic N) is 2. The highest BCUT2D eigenvalue weighted by Gasteiger charge is 2.42. The second kappa shape index (κ2) is 13.6. The van der Waals surface area contributed by atoms with Gasteiger partial charge >= 0.3 is 12.1 Å². The molecule has 3 aliphatic heterocycles. The van der Waals surface area contributed by atoms with Crippen LogP contribution in [0, 0.1) is 0 Å². The number of piperidine rings is 1. The molecule has 3 aliphatic rings. The molecule has 2 saturated heterocycles. The first-order valence-corrected chi connectivity index (χ1v) is 14.2. The van der Waals surface area contributed by atoms with Crippen LogP contribution >= 0.6 is 11.6 Å². The molecule has 2 aromatic rings. The van der Waals surface area contributed by atoms with Gasteiger partial charge < -0.3 is 39.7 Å². The van der Waals surface area contributed by atoms with E-state index >= 15 is 0 Å². The van der Waals surface area contributed by atoms with E-state index in [9.17, 15) is 33.3 Å². The van der Waals surface area contributed by atoms with Gasteiger partial charge in [0.1, 0.15) is 35.6 Å². The lowest BCUT2D eigenvalue weighted by molar-refractivity contribution is -0.192. The average molecular weight is 631 g/mol. The molecule has 2 atom stereocenters. The number of rotatable bonds is 7. The number of hydrogen-bond donors (Lipinski definition) is 4. The van der Waals surface area contributed by atoms with Crippen LogP contribution in [-0.4, -0.2) is 105 Å². The number of phenolic OH excluding ortho intramolecular Hbond substituents is 1. The third-order valence-electron chi connectivity index (χ3n) is 7.82. The van der Waals surface area contributed by atoms with Gasteiger partial charge in [-0.1, -0.05) is 11.6 Å². The molecule has 0 aliphatic carbocycles. The minimum absolute atomic E-state index is 0.00472. The number of benzene rings is 2. The predicted molar refractivity (Wildman–Crippen MR) is 149 cm³/mol. The molecule has 0 saturated carbocycles. The maximum Gasteiger partial charge on any atom is 0.490 e. The zero-order valence-electron chi connectivity index (χ0n) is 23.2. The molecule has 0 aromatic heterocycles. The maximum atomic E-state index is 13.1. The molecule has 43 heavy (non-hydrogen) atoms. The van der Waals surface area contributed by atoms with Crippen LogP contribution in [0.25, 0.3) is 0 Å². The number of likely N-dealkylation sites (tertiary alicyclic amines) is 2. The van der Waals surface area contributed by atoms with Crippen LogP contribution in [0.5, 0.6) is 17.2 Å². The first kappa shape index (κ1) is 32.6. The molecule has 10 nitrogen and oxygen atoms in total. The van der Waals surface area contributed by atoms with Crippen LogP contribution in [-0.2, 0) is 11.2 Å². The Hall–Kier alpha value is -3.26. The van der Waals surface area contributed by atoms with Gasteiger partial charge in [-0.3, -0.25) is 4.79 Å². The average Bonchev–Trinajstić information content (AvgIpc) is 3.57. The van der Waals surface area contributed by atoms with Crippen LogP contribution in [0.1, 0.15) is 41.6 Å². The predicted octanol–water partition coefficient (Wildman–Crippen LogP) is 3.49. The van der Waals surface area contributed by atoms with E-state index in [2.05, 4.69) is 4.90 Å². The number of fused-ring (bicyclic) bond motifs is 1. The van der Waals surface area contributed by atoms with Gasteiger partial charge in [-0.2, -0.15) is 13.2 Å². The van der Waals surface area contributed by atoms with Crippen molar-refractivity contribution in [1.82, 2.24) is 9.80 Å². The number of phenols is 1. The fraction of sp³-hybridized carbons (Fsp3) is 0.517. The van der Waals surface area contributed by atoms with E-state index in [-0.39, 0.29) is 42.3 Å². The number of aromatic hydroxyl groups is 1. The highest BCUT2D eigenvalue weighted by molar-refractivity contribution is 6.30. The fourth-order valence-corrected chi connectivity index (χ4v) is 5.81. The number of β-amino-alcohol motifs (C(OH)–C–C–N with tert-alkyl or cyclic N) is 1. The van der Waals surface area contributed by atoms with E-state index in [0.29, 0.717) is 18.7 Å². The molecule has 1 amide bonds. The second-order valence-corrected chi connectivity index (χ2v) is 11.4. The summed E-state index contributed by atoms with van der Waals surface area (Å²) in [5.74, 6) is -1.87. The molecule has 2 fully saturated rings. The first-order valence-electron chi connectivity index (χ1n) is 13.9. The van der Waals surface area contributed by atoms with Gasteiger partial charge in [-0.15, -0.1) is 0 Å². The number of ether oxygens (including phenoxy) is 2. The number of amides is 1. The summed E-state index contributed by atoms with van der Waals surface area (Å²) in [6.07, 6.45) is -1.67. The SMILES string of the molecule is O=C(O)C(F)(F)F.O=C(c1ccc(O)cc1OC[C@@H](O)CN1CCC2(CC1)Cc1cc(Cl)ccc1O2)N1CCC[C@H]1CO. The van der Waals surface area contributed by atoms with Crippen molar-refractivity contribution in [1.29, 1.82) is 0 Å². The van der Waals surface area contributed by atoms with E-state index in [1.54, 1.807) is 4.90 Å². The Morgan fingerprint density at radius 3 is 2.49 bits per heavy atom. The first-order chi connectivity index (χ1) is 20.3. The van der Waals surface area contributed by atoms with Crippen molar-refractivity contribution in [3.63, 3.8) is 0 Å². The molecule has 14 heteroatoms. The smallest absolute Gasteiger partial charge is 0.490 e. The van der Waals surface area contributed by atoms with E-state index in [1.165, 1.54) is 18.2 Å². The van der Waals surface area contributed by atoms with Crippen molar-refractivity contribution in [3.05, 3.63) is 52.5 Å². The molecule has 1 spiro atoms. The van der Waals surface area contributed by atoms with Gasteiger partial charge in [0, 0.05) is 56.5 Å². The Bertz CT molecular complexity index is 1300. The fourth-order valence-electron chi connectivity index (χ4n) is 5.62. The minimum Gasteiger partial charge on any atom is -0.508 e. The van der Waals surface area contributed by atoms with Crippen molar-refractivity contribution >= 4 is 23.5 Å². The number of aliphatic hydroxyl groups excluding tert-OH is 2. The van der Waals surface area contributed by atoms with Crippen molar-refractivity contribution in [2.75, 3.05) is 39.4 Å². The number of carboxylic acids is 1. The number of carbonyl (C=O) groups is 2. The Morgan fingerprint density at radius 1 is 1.14 bits per heavy atom. The van der Waals surface area contributed by atoms with Gasteiger partial charge in [0.05, 0.1) is 18.2 Å². The number of carbonyl (C=O) groups excluding carboxylic acids is 1. The molecule has 5 rings (SSSR count). The number of halogens is 4. The number of aliphatic hydroxyl groups is 2. The lowest BCUT2D eigenvalue weighted by Crippen LogP contribution is -2.49. The summed E-state index contributed by atoms with van der Waals surface area (Å²) in [5.41, 5.74) is 1.27. The molecule has 0 bridgehead atoms. The zero-order chi connectivity index (χ0) is 31.4. The molecular weight excluding hydrogens is 597 g/mol. The van der Waals surface area contributed by atoms with Crippen molar-refractivity contribution in [2.24, 2.45) is 0 Å². The maximum absolute atomic E-state index is 13.1. The monoisotopic (exact) mass is 630 g/mol. The molecule has 2 aromatic carbocycles. The largest absolute Gasteiger partial charge is 0.508 e. The van der Waals surface area contributed by atoms with Crippen LogP contribution in [0.4, 0.5) is 13.2 Å². The van der Waals surface area contributed by atoms with Crippen LogP contribution in [0.2, 0.25) is 5.02 Å². The Labute approximate surface area is 251 Å². The number of carboxylic acid groups (broad SMARTS) is 1. The van der Waals surface area contributed by atoms with Gasteiger partial charge in [-0.25, -0.2) is 4.79 Å². The second-order valence-electron chi connectivity index (χ2n) is 10.9. The number of hydrogen-bond acceptors (Lipinski definition) is 8. The summed E-state index contributed by atoms with van der Waals surface area (Å²) in [6, 6.07) is 9.94. The highest BCUT2D eigenvalue weighted by atomic mass is 35.5. The molecule has 236 valence electrons. The van der Waals surface area contributed by atoms with Crippen LogP contribution in [0.15, 0.2) is 36.4 Å². The molecule has 0 radical (unpaired) electrons. The zero-order valence-corrected chi connectivity index (χ0v) is 24.0. The normalized spacial score (nSPS) is 20.1. The van der Waals surface area contributed by atoms with Crippen molar-refractivity contribution in [3.8, 4) is 17.2 Å². The van der Waals surface area contributed by atoms with E-state index in [0.717, 1.165) is 61.5 Å². The minimum atomic E-state index is -5.08. The summed E-state index contributed by atoms with van der Waals surface area (Å²) in [5, 5.41) is 38.1. The van der Waals surface area contributed by atoms with Gasteiger partial charge in [0.2, 0.25) is 0 Å². The Kier molecular flexibility index (Phi) is 10.3. The summed E-state index contributed by atoms with van der Waals surface area (Å²) in [7, 11) is 0. The lowest BCUT2D eigenvalue weighted by atomic mass is 9.87. The van der Waals surface area contributed by atoms with E-state index in [1.807, 2.05) is 18.2 Å².